The van der Waals surface area contributed by atoms with E-state index in [0.717, 1.165) is 41.9 Å². The molecule has 1 aromatic heterocycles. The number of carbonyl (C=O) groups is 1. The Morgan fingerprint density at radius 1 is 1.17 bits per heavy atom. The first kappa shape index (κ1) is 20.3. The van der Waals surface area contributed by atoms with Crippen LogP contribution in [0.3, 0.4) is 0 Å². The third-order valence-corrected chi connectivity index (χ3v) is 7.00. The van der Waals surface area contributed by atoms with E-state index in [4.69, 9.17) is 9.47 Å². The van der Waals surface area contributed by atoms with Gasteiger partial charge in [0.1, 0.15) is 6.61 Å². The molecule has 0 unspecified atom stereocenters. The van der Waals surface area contributed by atoms with Crippen molar-refractivity contribution >= 4 is 17.2 Å². The standard InChI is InChI=1S/C24H31NO3S/c1-3-25(24(26)14-21(18-7-8-18)19-9-10-19)15-17-6-11-22(23(13-17)27-2)28-16-20-5-4-12-29-20/h4-6,11-13,18-19,21H,3,7-10,14-16H2,1-2H3. The summed E-state index contributed by atoms with van der Waals surface area (Å²) < 4.78 is 11.5. The third kappa shape index (κ3) is 5.33. The fourth-order valence-corrected chi connectivity index (χ4v) is 4.78. The zero-order chi connectivity index (χ0) is 20.2. The smallest absolute Gasteiger partial charge is 0.223 e. The SMILES string of the molecule is CCN(Cc1ccc(OCc2cccs2)c(OC)c1)C(=O)CC(C1CC1)C1CC1. The molecule has 4 rings (SSSR count). The van der Waals surface area contributed by atoms with Crippen molar-refractivity contribution in [2.75, 3.05) is 13.7 Å². The van der Waals surface area contributed by atoms with E-state index in [1.807, 2.05) is 34.5 Å². The van der Waals surface area contributed by atoms with Crippen molar-refractivity contribution in [3.63, 3.8) is 0 Å². The summed E-state index contributed by atoms with van der Waals surface area (Å²) in [5, 5.41) is 2.05. The van der Waals surface area contributed by atoms with E-state index >= 15 is 0 Å². The second-order valence-corrected chi connectivity index (χ2v) is 9.34. The molecule has 0 spiro atoms. The van der Waals surface area contributed by atoms with Crippen LogP contribution < -0.4 is 9.47 Å². The van der Waals surface area contributed by atoms with E-state index in [9.17, 15) is 4.79 Å². The van der Waals surface area contributed by atoms with E-state index in [1.54, 1.807) is 18.4 Å². The van der Waals surface area contributed by atoms with Crippen LogP contribution in [0.25, 0.3) is 0 Å². The Hall–Kier alpha value is -2.01. The van der Waals surface area contributed by atoms with Gasteiger partial charge in [-0.2, -0.15) is 0 Å². The number of benzene rings is 1. The first-order valence-corrected chi connectivity index (χ1v) is 11.7. The maximum atomic E-state index is 13.0. The van der Waals surface area contributed by atoms with Crippen LogP contribution in [0.1, 0.15) is 49.5 Å². The van der Waals surface area contributed by atoms with E-state index in [1.165, 1.54) is 30.6 Å². The highest BCUT2D eigenvalue weighted by Gasteiger charge is 2.42. The van der Waals surface area contributed by atoms with Gasteiger partial charge in [0.2, 0.25) is 5.91 Å². The molecule has 0 saturated heterocycles. The number of hydrogen-bond donors (Lipinski definition) is 0. The molecule has 2 aliphatic carbocycles. The fourth-order valence-electron chi connectivity index (χ4n) is 4.17. The van der Waals surface area contributed by atoms with Gasteiger partial charge in [0, 0.05) is 24.4 Å². The Bertz CT molecular complexity index is 800. The molecule has 0 aliphatic heterocycles. The molecular formula is C24H31NO3S. The third-order valence-electron chi connectivity index (χ3n) is 6.15. The number of carbonyl (C=O) groups excluding carboxylic acids is 1. The molecule has 29 heavy (non-hydrogen) atoms. The first-order chi connectivity index (χ1) is 14.2. The molecule has 2 fully saturated rings. The van der Waals surface area contributed by atoms with E-state index < -0.39 is 0 Å². The van der Waals surface area contributed by atoms with E-state index in [2.05, 4.69) is 13.0 Å². The van der Waals surface area contributed by atoms with E-state index in [0.29, 0.717) is 25.0 Å². The molecule has 2 saturated carbocycles. The van der Waals surface area contributed by atoms with Crippen molar-refractivity contribution in [2.45, 2.75) is 52.2 Å². The highest BCUT2D eigenvalue weighted by atomic mass is 32.1. The van der Waals surface area contributed by atoms with Crippen LogP contribution in [0.5, 0.6) is 11.5 Å². The minimum absolute atomic E-state index is 0.299. The van der Waals surface area contributed by atoms with Gasteiger partial charge in [-0.1, -0.05) is 12.1 Å². The average Bonchev–Trinajstić information content (AvgIpc) is 3.68. The van der Waals surface area contributed by atoms with Crippen LogP contribution >= 0.6 is 11.3 Å². The Labute approximate surface area is 177 Å². The Kier molecular flexibility index (Phi) is 6.43. The molecule has 4 nitrogen and oxygen atoms in total. The number of ether oxygens (including phenoxy) is 2. The maximum absolute atomic E-state index is 13.0. The predicted molar refractivity (Wildman–Crippen MR) is 116 cm³/mol. The van der Waals surface area contributed by atoms with Crippen LogP contribution in [-0.2, 0) is 17.9 Å². The van der Waals surface area contributed by atoms with E-state index in [-0.39, 0.29) is 0 Å². The molecule has 5 heteroatoms. The summed E-state index contributed by atoms with van der Waals surface area (Å²) in [5.41, 5.74) is 1.08. The number of nitrogens with zero attached hydrogens (tertiary/aromatic N) is 1. The van der Waals surface area contributed by atoms with Crippen LogP contribution in [0, 0.1) is 17.8 Å². The average molecular weight is 414 g/mol. The quantitative estimate of drug-likeness (QED) is 0.487. The van der Waals surface area contributed by atoms with Gasteiger partial charge >= 0.3 is 0 Å². The zero-order valence-corrected chi connectivity index (χ0v) is 18.2. The van der Waals surface area contributed by atoms with Crippen LogP contribution in [-0.4, -0.2) is 24.5 Å². The maximum Gasteiger partial charge on any atom is 0.223 e. The van der Waals surface area contributed by atoms with Crippen LogP contribution in [0.4, 0.5) is 0 Å². The van der Waals surface area contributed by atoms with Gasteiger partial charge in [0.15, 0.2) is 11.5 Å². The summed E-state index contributed by atoms with van der Waals surface area (Å²) >= 11 is 1.68. The molecular weight excluding hydrogens is 382 g/mol. The fraction of sp³-hybridized carbons (Fsp3) is 0.542. The summed E-state index contributed by atoms with van der Waals surface area (Å²) in [6, 6.07) is 10.1. The van der Waals surface area contributed by atoms with Crippen LogP contribution in [0.2, 0.25) is 0 Å². The number of methoxy groups -OCH3 is 1. The number of rotatable bonds is 11. The van der Waals surface area contributed by atoms with Crippen molar-refractivity contribution in [2.24, 2.45) is 17.8 Å². The molecule has 0 radical (unpaired) electrons. The molecule has 0 atom stereocenters. The summed E-state index contributed by atoms with van der Waals surface area (Å²) in [7, 11) is 1.66. The van der Waals surface area contributed by atoms with Crippen molar-refractivity contribution < 1.29 is 14.3 Å². The van der Waals surface area contributed by atoms with Gasteiger partial charge in [0.05, 0.1) is 7.11 Å². The van der Waals surface area contributed by atoms with Crippen molar-refractivity contribution in [1.29, 1.82) is 0 Å². The number of amides is 1. The normalized spacial score (nSPS) is 16.1. The highest BCUT2D eigenvalue weighted by molar-refractivity contribution is 7.09. The Balaban J connectivity index is 1.37. The van der Waals surface area contributed by atoms with Crippen molar-refractivity contribution in [3.8, 4) is 11.5 Å². The van der Waals surface area contributed by atoms with Crippen molar-refractivity contribution in [1.82, 2.24) is 4.90 Å². The molecule has 1 amide bonds. The minimum Gasteiger partial charge on any atom is -0.493 e. The van der Waals surface area contributed by atoms with Gasteiger partial charge < -0.3 is 14.4 Å². The number of hydrogen-bond acceptors (Lipinski definition) is 4. The van der Waals surface area contributed by atoms with Crippen LogP contribution in [0.15, 0.2) is 35.7 Å². The predicted octanol–water partition coefficient (Wildman–Crippen LogP) is 5.51. The molecule has 1 heterocycles. The van der Waals surface area contributed by atoms with Gasteiger partial charge in [-0.3, -0.25) is 4.79 Å². The molecule has 2 aliphatic rings. The summed E-state index contributed by atoms with van der Waals surface area (Å²) in [6.45, 7) is 3.96. The second kappa shape index (κ2) is 9.21. The van der Waals surface area contributed by atoms with Crippen molar-refractivity contribution in [3.05, 3.63) is 46.2 Å². The Morgan fingerprint density at radius 2 is 1.93 bits per heavy atom. The lowest BCUT2D eigenvalue weighted by atomic mass is 9.93. The molecule has 156 valence electrons. The molecule has 0 bridgehead atoms. The number of thiophene rings is 1. The largest absolute Gasteiger partial charge is 0.493 e. The molecule has 2 aromatic rings. The Morgan fingerprint density at radius 3 is 2.52 bits per heavy atom. The lowest BCUT2D eigenvalue weighted by molar-refractivity contribution is -0.133. The topological polar surface area (TPSA) is 38.8 Å². The monoisotopic (exact) mass is 413 g/mol. The molecule has 1 aromatic carbocycles. The summed E-state index contributed by atoms with van der Waals surface area (Å²) in [5.74, 6) is 4.00. The van der Waals surface area contributed by atoms with Gasteiger partial charge in [-0.25, -0.2) is 0 Å². The van der Waals surface area contributed by atoms with Gasteiger partial charge in [-0.05, 0) is 79.5 Å². The van der Waals surface area contributed by atoms with Gasteiger partial charge in [0.25, 0.3) is 0 Å². The first-order valence-electron chi connectivity index (χ1n) is 10.8. The summed E-state index contributed by atoms with van der Waals surface area (Å²) in [4.78, 5) is 16.1. The lowest BCUT2D eigenvalue weighted by Gasteiger charge is -2.24. The summed E-state index contributed by atoms with van der Waals surface area (Å²) in [6.07, 6.45) is 6.02. The lowest BCUT2D eigenvalue weighted by Crippen LogP contribution is -2.32. The highest BCUT2D eigenvalue weighted by Crippen LogP contribution is 2.50. The minimum atomic E-state index is 0.299. The molecule has 0 N–H and O–H groups in total. The zero-order valence-electron chi connectivity index (χ0n) is 17.4. The second-order valence-electron chi connectivity index (χ2n) is 8.30. The van der Waals surface area contributed by atoms with Gasteiger partial charge in [-0.15, -0.1) is 11.3 Å².